The van der Waals surface area contributed by atoms with Crippen LogP contribution >= 0.6 is 0 Å². The van der Waals surface area contributed by atoms with Crippen molar-refractivity contribution in [3.63, 3.8) is 0 Å². The van der Waals surface area contributed by atoms with Crippen LogP contribution in [0.4, 0.5) is 0 Å². The smallest absolute Gasteiger partial charge is 0.0830 e. The van der Waals surface area contributed by atoms with Crippen molar-refractivity contribution in [1.29, 1.82) is 0 Å². The molecule has 1 atom stereocenters. The van der Waals surface area contributed by atoms with E-state index in [0.717, 1.165) is 18.7 Å². The maximum Gasteiger partial charge on any atom is 0.0830 e. The van der Waals surface area contributed by atoms with Crippen LogP contribution in [0.5, 0.6) is 0 Å². The Morgan fingerprint density at radius 3 is 2.44 bits per heavy atom. The molecule has 1 unspecified atom stereocenters. The summed E-state index contributed by atoms with van der Waals surface area (Å²) in [5.41, 5.74) is 1.09. The van der Waals surface area contributed by atoms with Crippen LogP contribution in [0.1, 0.15) is 33.4 Å². The van der Waals surface area contributed by atoms with E-state index in [-0.39, 0.29) is 0 Å². The highest BCUT2D eigenvalue weighted by atomic mass is 15.4. The second-order valence-electron chi connectivity index (χ2n) is 5.15. The summed E-state index contributed by atoms with van der Waals surface area (Å²) in [6, 6.07) is 0.545. The zero-order chi connectivity index (χ0) is 12.1. The third-order valence-corrected chi connectivity index (χ3v) is 2.85. The van der Waals surface area contributed by atoms with Gasteiger partial charge in [0, 0.05) is 19.3 Å². The summed E-state index contributed by atoms with van der Waals surface area (Å²) in [6.45, 7) is 9.94. The largest absolute Gasteiger partial charge is 0.314 e. The molecule has 0 spiro atoms. The second kappa shape index (κ2) is 5.99. The van der Waals surface area contributed by atoms with Crippen molar-refractivity contribution in [2.75, 3.05) is 6.54 Å². The lowest BCUT2D eigenvalue weighted by molar-refractivity contribution is 0.346. The van der Waals surface area contributed by atoms with Crippen LogP contribution in [0.15, 0.2) is 6.20 Å². The van der Waals surface area contributed by atoms with E-state index in [1.54, 1.807) is 4.68 Å². The monoisotopic (exact) mass is 224 g/mol. The molecule has 1 aromatic rings. The minimum absolute atomic E-state index is 0.545. The zero-order valence-electron chi connectivity index (χ0n) is 11.1. The zero-order valence-corrected chi connectivity index (χ0v) is 11.1. The van der Waals surface area contributed by atoms with Crippen molar-refractivity contribution < 1.29 is 0 Å². The summed E-state index contributed by atoms with van der Waals surface area (Å²) in [5.74, 6) is 1.28. The molecule has 0 amide bonds. The predicted octanol–water partition coefficient (Wildman–Crippen LogP) is 1.63. The van der Waals surface area contributed by atoms with Crippen molar-refractivity contribution in [1.82, 2.24) is 20.3 Å². The van der Waals surface area contributed by atoms with Crippen molar-refractivity contribution in [3.8, 4) is 0 Å². The molecule has 0 aromatic carbocycles. The fraction of sp³-hybridized carbons (Fsp3) is 0.833. The van der Waals surface area contributed by atoms with Crippen LogP contribution in [0.25, 0.3) is 0 Å². The topological polar surface area (TPSA) is 42.7 Å². The molecule has 0 fully saturated rings. The summed E-state index contributed by atoms with van der Waals surface area (Å²) < 4.78 is 1.77. The van der Waals surface area contributed by atoms with E-state index in [0.29, 0.717) is 17.9 Å². The van der Waals surface area contributed by atoms with E-state index >= 15 is 0 Å². The predicted molar refractivity (Wildman–Crippen MR) is 66.2 cm³/mol. The first-order valence-corrected chi connectivity index (χ1v) is 6.07. The Bertz CT molecular complexity index is 304. The van der Waals surface area contributed by atoms with Crippen LogP contribution < -0.4 is 5.32 Å². The molecule has 1 aromatic heterocycles. The lowest BCUT2D eigenvalue weighted by Crippen LogP contribution is -2.32. The lowest BCUT2D eigenvalue weighted by Gasteiger charge is -2.21. The Balaban J connectivity index is 2.51. The molecule has 0 aliphatic heterocycles. The Morgan fingerprint density at radius 2 is 2.00 bits per heavy atom. The van der Waals surface area contributed by atoms with Crippen molar-refractivity contribution in [2.45, 2.75) is 40.2 Å². The molecular weight excluding hydrogens is 200 g/mol. The molecule has 0 saturated carbocycles. The SMILES string of the molecule is CC(C)NCC(Cc1cn(C)nn1)C(C)C. The maximum atomic E-state index is 4.15. The quantitative estimate of drug-likeness (QED) is 0.798. The van der Waals surface area contributed by atoms with Crippen LogP contribution in [0, 0.1) is 11.8 Å². The van der Waals surface area contributed by atoms with Gasteiger partial charge in [0.1, 0.15) is 0 Å². The van der Waals surface area contributed by atoms with E-state index in [1.165, 1.54) is 0 Å². The van der Waals surface area contributed by atoms with Gasteiger partial charge in [0.25, 0.3) is 0 Å². The molecule has 92 valence electrons. The van der Waals surface area contributed by atoms with Crippen LogP contribution in [0.2, 0.25) is 0 Å². The van der Waals surface area contributed by atoms with Crippen molar-refractivity contribution >= 4 is 0 Å². The van der Waals surface area contributed by atoms with E-state index in [2.05, 4.69) is 43.3 Å². The summed E-state index contributed by atoms with van der Waals surface area (Å²) in [6.07, 6.45) is 3.01. The van der Waals surface area contributed by atoms with Gasteiger partial charge in [-0.25, -0.2) is 0 Å². The Morgan fingerprint density at radius 1 is 1.31 bits per heavy atom. The van der Waals surface area contributed by atoms with E-state index in [1.807, 2.05) is 13.2 Å². The summed E-state index contributed by atoms with van der Waals surface area (Å²) in [7, 11) is 1.91. The van der Waals surface area contributed by atoms with Gasteiger partial charge in [-0.05, 0) is 24.8 Å². The molecule has 0 radical (unpaired) electrons. The number of nitrogens with zero attached hydrogens (tertiary/aromatic N) is 3. The fourth-order valence-electron chi connectivity index (χ4n) is 1.69. The summed E-state index contributed by atoms with van der Waals surface area (Å²) in [5, 5.41) is 11.6. The highest BCUT2D eigenvalue weighted by Gasteiger charge is 2.15. The standard InChI is InChI=1S/C12H24N4/c1-9(2)11(7-13-10(3)4)6-12-8-16(5)15-14-12/h8-11,13H,6-7H2,1-5H3. The lowest BCUT2D eigenvalue weighted by atomic mass is 9.91. The molecule has 0 aliphatic rings. The highest BCUT2D eigenvalue weighted by molar-refractivity contribution is 4.94. The molecule has 1 N–H and O–H groups in total. The van der Waals surface area contributed by atoms with Crippen LogP contribution in [0.3, 0.4) is 0 Å². The van der Waals surface area contributed by atoms with E-state index in [9.17, 15) is 0 Å². The number of aryl methyl sites for hydroxylation is 1. The number of hydrogen-bond donors (Lipinski definition) is 1. The normalized spacial score (nSPS) is 13.7. The van der Waals surface area contributed by atoms with Gasteiger partial charge in [-0.1, -0.05) is 32.9 Å². The van der Waals surface area contributed by atoms with Crippen molar-refractivity contribution in [2.24, 2.45) is 18.9 Å². The van der Waals surface area contributed by atoms with Gasteiger partial charge in [-0.15, -0.1) is 5.10 Å². The average molecular weight is 224 g/mol. The van der Waals surface area contributed by atoms with Gasteiger partial charge in [0.2, 0.25) is 0 Å². The first-order chi connectivity index (χ1) is 7.49. The molecule has 0 bridgehead atoms. The fourth-order valence-corrected chi connectivity index (χ4v) is 1.69. The van der Waals surface area contributed by atoms with Crippen LogP contribution in [-0.2, 0) is 13.5 Å². The third kappa shape index (κ3) is 4.31. The number of nitrogens with one attached hydrogen (secondary N) is 1. The second-order valence-corrected chi connectivity index (χ2v) is 5.15. The minimum atomic E-state index is 0.545. The molecule has 4 heteroatoms. The Labute approximate surface area is 98.4 Å². The summed E-state index contributed by atoms with van der Waals surface area (Å²) in [4.78, 5) is 0. The first-order valence-electron chi connectivity index (χ1n) is 6.07. The molecule has 4 nitrogen and oxygen atoms in total. The van der Waals surface area contributed by atoms with Gasteiger partial charge in [-0.2, -0.15) is 0 Å². The molecular formula is C12H24N4. The molecule has 1 heterocycles. The van der Waals surface area contributed by atoms with Crippen molar-refractivity contribution in [3.05, 3.63) is 11.9 Å². The first kappa shape index (κ1) is 13.2. The maximum absolute atomic E-state index is 4.15. The number of hydrogen-bond acceptors (Lipinski definition) is 3. The Hall–Kier alpha value is -0.900. The van der Waals surface area contributed by atoms with Gasteiger partial charge >= 0.3 is 0 Å². The third-order valence-electron chi connectivity index (χ3n) is 2.85. The minimum Gasteiger partial charge on any atom is -0.314 e. The molecule has 0 saturated heterocycles. The van der Waals surface area contributed by atoms with E-state index < -0.39 is 0 Å². The molecule has 1 rings (SSSR count). The van der Waals surface area contributed by atoms with E-state index in [4.69, 9.17) is 0 Å². The van der Waals surface area contributed by atoms with Gasteiger partial charge in [0.15, 0.2) is 0 Å². The Kier molecular flexibility index (Phi) is 4.93. The van der Waals surface area contributed by atoms with Crippen LogP contribution in [-0.4, -0.2) is 27.6 Å². The molecule has 16 heavy (non-hydrogen) atoms. The van der Waals surface area contributed by atoms with Gasteiger partial charge < -0.3 is 5.32 Å². The van der Waals surface area contributed by atoms with Gasteiger partial charge in [-0.3, -0.25) is 4.68 Å². The van der Waals surface area contributed by atoms with Gasteiger partial charge in [0.05, 0.1) is 5.69 Å². The number of rotatable bonds is 6. The number of aromatic nitrogens is 3. The molecule has 0 aliphatic carbocycles. The average Bonchev–Trinajstić information content (AvgIpc) is 2.57. The highest BCUT2D eigenvalue weighted by Crippen LogP contribution is 2.15. The summed E-state index contributed by atoms with van der Waals surface area (Å²) >= 11 is 0.